The molecule has 2 heterocycles. The molecule has 2 aromatic heterocycles. The molecule has 0 saturated carbocycles. The number of hydrazone groups is 1. The van der Waals surface area contributed by atoms with Gasteiger partial charge in [0, 0.05) is 5.56 Å². The molecule has 0 aliphatic carbocycles. The second-order valence-corrected chi connectivity index (χ2v) is 6.01. The number of nitrogens with two attached hydrogens (primary N) is 1. The van der Waals surface area contributed by atoms with E-state index in [0.29, 0.717) is 17.0 Å². The van der Waals surface area contributed by atoms with Gasteiger partial charge in [0.15, 0.2) is 5.69 Å². The lowest BCUT2D eigenvalue weighted by atomic mass is 10.1. The van der Waals surface area contributed by atoms with Crippen LogP contribution in [0.3, 0.4) is 0 Å². The lowest BCUT2D eigenvalue weighted by Gasteiger charge is -2.05. The van der Waals surface area contributed by atoms with E-state index in [1.165, 1.54) is 6.21 Å². The molecule has 0 aliphatic rings. The molecule has 30 heavy (non-hydrogen) atoms. The maximum atomic E-state index is 13.0. The largest absolute Gasteiger partial charge is 0.497 e. The van der Waals surface area contributed by atoms with E-state index in [0.717, 1.165) is 10.2 Å². The molecular weight excluding hydrogens is 388 g/mol. The Morgan fingerprint density at radius 2 is 2.03 bits per heavy atom. The molecule has 1 amide bonds. The normalized spacial score (nSPS) is 11.0. The van der Waals surface area contributed by atoms with Crippen LogP contribution in [0.1, 0.15) is 16.1 Å². The zero-order chi connectivity index (χ0) is 20.9. The highest BCUT2D eigenvalue weighted by atomic mass is 16.6. The smallest absolute Gasteiger partial charge is 0.292 e. The van der Waals surface area contributed by atoms with Gasteiger partial charge in [0.25, 0.3) is 5.91 Å². The van der Waals surface area contributed by atoms with Gasteiger partial charge >= 0.3 is 0 Å². The zero-order valence-corrected chi connectivity index (χ0v) is 15.8. The standard InChI is InChI=1S/C19H16N8O3/c1-29-14-9-5-6-12(10-14)11-21-23-19(28)16-15(13-7-3-2-4-8-13)22-26-27(16)18-17(20)24-30-25-18/h2-11H,1H3,(H2,20,24)(H,23,28)/b21-11+. The number of aromatic nitrogens is 5. The number of nitrogen functional groups attached to an aromatic ring is 1. The Kier molecular flexibility index (Phi) is 5.16. The van der Waals surface area contributed by atoms with Crippen LogP contribution >= 0.6 is 0 Å². The summed E-state index contributed by atoms with van der Waals surface area (Å²) < 4.78 is 11.0. The lowest BCUT2D eigenvalue weighted by Crippen LogP contribution is -2.22. The van der Waals surface area contributed by atoms with Crippen molar-refractivity contribution in [3.63, 3.8) is 0 Å². The molecule has 0 fully saturated rings. The lowest BCUT2D eigenvalue weighted by molar-refractivity contribution is 0.0948. The third kappa shape index (κ3) is 3.71. The first-order valence-corrected chi connectivity index (χ1v) is 8.74. The van der Waals surface area contributed by atoms with Crippen LogP contribution in [0, 0.1) is 0 Å². The molecule has 4 rings (SSSR count). The predicted molar refractivity (Wildman–Crippen MR) is 107 cm³/mol. The van der Waals surface area contributed by atoms with E-state index in [9.17, 15) is 4.79 Å². The average molecular weight is 404 g/mol. The summed E-state index contributed by atoms with van der Waals surface area (Å²) in [5.74, 6) is 0.119. The van der Waals surface area contributed by atoms with Gasteiger partial charge in [-0.15, -0.1) is 5.10 Å². The number of rotatable bonds is 6. The van der Waals surface area contributed by atoms with Crippen molar-refractivity contribution in [2.75, 3.05) is 12.8 Å². The summed E-state index contributed by atoms with van der Waals surface area (Å²) >= 11 is 0. The quantitative estimate of drug-likeness (QED) is 0.364. The molecule has 0 radical (unpaired) electrons. The first-order chi connectivity index (χ1) is 14.7. The van der Waals surface area contributed by atoms with Crippen LogP contribution in [0.25, 0.3) is 17.1 Å². The highest BCUT2D eigenvalue weighted by molar-refractivity contribution is 5.99. The number of carbonyl (C=O) groups is 1. The molecule has 0 atom stereocenters. The summed E-state index contributed by atoms with van der Waals surface area (Å²) in [5.41, 5.74) is 10.1. The first-order valence-electron chi connectivity index (χ1n) is 8.74. The summed E-state index contributed by atoms with van der Waals surface area (Å²) in [6.45, 7) is 0. The van der Waals surface area contributed by atoms with E-state index in [1.54, 1.807) is 25.3 Å². The van der Waals surface area contributed by atoms with Crippen LogP contribution < -0.4 is 15.9 Å². The number of nitrogens with zero attached hydrogens (tertiary/aromatic N) is 6. The van der Waals surface area contributed by atoms with Crippen molar-refractivity contribution in [1.82, 2.24) is 30.7 Å². The number of hydrogen-bond acceptors (Lipinski definition) is 9. The number of methoxy groups -OCH3 is 1. The van der Waals surface area contributed by atoms with Gasteiger partial charge in [-0.3, -0.25) is 4.79 Å². The summed E-state index contributed by atoms with van der Waals surface area (Å²) in [5, 5.41) is 19.3. The highest BCUT2D eigenvalue weighted by Gasteiger charge is 2.25. The van der Waals surface area contributed by atoms with Gasteiger partial charge in [-0.2, -0.15) is 9.78 Å². The van der Waals surface area contributed by atoms with Gasteiger partial charge in [0.05, 0.1) is 13.3 Å². The molecule has 0 spiro atoms. The van der Waals surface area contributed by atoms with Crippen molar-refractivity contribution in [2.24, 2.45) is 5.10 Å². The summed E-state index contributed by atoms with van der Waals surface area (Å²) in [6, 6.07) is 16.3. The van der Waals surface area contributed by atoms with E-state index in [-0.39, 0.29) is 17.3 Å². The minimum atomic E-state index is -0.569. The number of amides is 1. The van der Waals surface area contributed by atoms with Crippen molar-refractivity contribution in [3.8, 4) is 22.8 Å². The topological polar surface area (TPSA) is 146 Å². The monoisotopic (exact) mass is 404 g/mol. The van der Waals surface area contributed by atoms with E-state index < -0.39 is 5.91 Å². The van der Waals surface area contributed by atoms with Crippen molar-refractivity contribution >= 4 is 17.9 Å². The fraction of sp³-hybridized carbons (Fsp3) is 0.0526. The molecule has 2 aromatic carbocycles. The van der Waals surface area contributed by atoms with Gasteiger partial charge in [-0.25, -0.2) is 10.1 Å². The Morgan fingerprint density at radius 1 is 1.20 bits per heavy atom. The van der Waals surface area contributed by atoms with Crippen molar-refractivity contribution < 1.29 is 14.2 Å². The average Bonchev–Trinajstić information content (AvgIpc) is 3.40. The molecule has 0 saturated heterocycles. The zero-order valence-electron chi connectivity index (χ0n) is 15.8. The molecule has 0 aliphatic heterocycles. The second-order valence-electron chi connectivity index (χ2n) is 6.01. The predicted octanol–water partition coefficient (Wildman–Crippen LogP) is 1.67. The summed E-state index contributed by atoms with van der Waals surface area (Å²) in [4.78, 5) is 13.0. The van der Waals surface area contributed by atoms with Crippen molar-refractivity contribution in [3.05, 3.63) is 65.9 Å². The van der Waals surface area contributed by atoms with Gasteiger partial charge in [-0.1, -0.05) is 47.7 Å². The summed E-state index contributed by atoms with van der Waals surface area (Å²) in [6.07, 6.45) is 1.49. The van der Waals surface area contributed by atoms with Gasteiger partial charge in [-0.05, 0) is 28.0 Å². The van der Waals surface area contributed by atoms with Crippen LogP contribution in [0.15, 0.2) is 64.3 Å². The first kappa shape index (κ1) is 18.8. The SMILES string of the molecule is COc1cccc(/C=N/NC(=O)c2c(-c3ccccc3)nnn2-c2nonc2N)c1. The third-order valence-corrected chi connectivity index (χ3v) is 4.10. The van der Waals surface area contributed by atoms with Crippen LogP contribution in [0.4, 0.5) is 5.82 Å². The minimum Gasteiger partial charge on any atom is -0.497 e. The number of hydrogen-bond donors (Lipinski definition) is 2. The molecule has 150 valence electrons. The Hall–Kier alpha value is -4.54. The fourth-order valence-corrected chi connectivity index (χ4v) is 2.70. The molecular formula is C19H16N8O3. The Morgan fingerprint density at radius 3 is 2.77 bits per heavy atom. The van der Waals surface area contributed by atoms with Crippen molar-refractivity contribution in [1.29, 1.82) is 0 Å². The van der Waals surface area contributed by atoms with Gasteiger partial charge < -0.3 is 10.5 Å². The Labute approximate surface area is 170 Å². The van der Waals surface area contributed by atoms with E-state index >= 15 is 0 Å². The maximum Gasteiger partial charge on any atom is 0.292 e. The molecule has 4 aromatic rings. The number of nitrogens with one attached hydrogen (secondary N) is 1. The number of ether oxygens (including phenoxy) is 1. The van der Waals surface area contributed by atoms with E-state index in [1.807, 2.05) is 36.4 Å². The summed E-state index contributed by atoms with van der Waals surface area (Å²) in [7, 11) is 1.57. The number of benzene rings is 2. The molecule has 0 bridgehead atoms. The van der Waals surface area contributed by atoms with Gasteiger partial charge in [0.2, 0.25) is 11.6 Å². The maximum absolute atomic E-state index is 13.0. The Balaban J connectivity index is 1.67. The van der Waals surface area contributed by atoms with Crippen LogP contribution in [-0.4, -0.2) is 44.5 Å². The minimum absolute atomic E-state index is 0.0338. The molecule has 11 nitrogen and oxygen atoms in total. The fourth-order valence-electron chi connectivity index (χ4n) is 2.70. The molecule has 3 N–H and O–H groups in total. The van der Waals surface area contributed by atoms with E-state index in [4.69, 9.17) is 10.5 Å². The van der Waals surface area contributed by atoms with Crippen LogP contribution in [-0.2, 0) is 0 Å². The Bertz CT molecular complexity index is 1200. The highest BCUT2D eigenvalue weighted by Crippen LogP contribution is 2.24. The second kappa shape index (κ2) is 8.22. The number of carbonyl (C=O) groups excluding carboxylic acids is 1. The number of anilines is 1. The van der Waals surface area contributed by atoms with E-state index in [2.05, 4.69) is 35.8 Å². The van der Waals surface area contributed by atoms with Gasteiger partial charge in [0.1, 0.15) is 11.4 Å². The molecule has 0 unspecified atom stereocenters. The van der Waals surface area contributed by atoms with Crippen LogP contribution in [0.5, 0.6) is 5.75 Å². The molecule has 11 heteroatoms. The van der Waals surface area contributed by atoms with Crippen LogP contribution in [0.2, 0.25) is 0 Å². The third-order valence-electron chi connectivity index (χ3n) is 4.10. The van der Waals surface area contributed by atoms with Crippen molar-refractivity contribution in [2.45, 2.75) is 0 Å².